The summed E-state index contributed by atoms with van der Waals surface area (Å²) in [6, 6.07) is 11.5. The number of aromatic carboxylic acids is 1. The Morgan fingerprint density at radius 1 is 1.06 bits per heavy atom. The number of carbonyl (C=O) groups excluding carboxylic acids is 1. The van der Waals surface area contributed by atoms with E-state index in [0.29, 0.717) is 36.0 Å². The minimum Gasteiger partial charge on any atom is -0.616 e. The lowest BCUT2D eigenvalue weighted by molar-refractivity contribution is -0.124. The van der Waals surface area contributed by atoms with E-state index in [9.17, 15) is 19.2 Å². The van der Waals surface area contributed by atoms with Crippen LogP contribution in [0.25, 0.3) is 10.4 Å². The minimum absolute atomic E-state index is 0.0458. The summed E-state index contributed by atoms with van der Waals surface area (Å²) in [6.07, 6.45) is 5.07. The Morgan fingerprint density at radius 3 is 2.32 bits per heavy atom. The van der Waals surface area contributed by atoms with Gasteiger partial charge in [-0.2, -0.15) is 0 Å². The molecule has 0 unspecified atom stereocenters. The van der Waals surface area contributed by atoms with E-state index < -0.39 is 17.1 Å². The van der Waals surface area contributed by atoms with E-state index in [-0.39, 0.29) is 22.7 Å². The maximum Gasteiger partial charge on any atom is 0.348 e. The number of hydrogen-bond donors (Lipinski definition) is 1. The van der Waals surface area contributed by atoms with Crippen molar-refractivity contribution in [2.24, 2.45) is 11.8 Å². The topological polar surface area (TPSA) is 80.7 Å². The third-order valence-electron chi connectivity index (χ3n) is 6.55. The number of carboxylic acids is 1. The number of anilines is 1. The monoisotopic (exact) mass is 459 g/mol. The van der Waals surface area contributed by atoms with Crippen molar-refractivity contribution in [2.45, 2.75) is 51.5 Å². The zero-order valence-corrected chi connectivity index (χ0v) is 19.4. The van der Waals surface area contributed by atoms with Gasteiger partial charge in [-0.15, -0.1) is 11.3 Å². The number of rotatable bonds is 5. The normalized spacial score (nSPS) is 26.4. The van der Waals surface area contributed by atoms with Crippen LogP contribution in [0.3, 0.4) is 0 Å². The van der Waals surface area contributed by atoms with Crippen LogP contribution in [0.5, 0.6) is 0 Å². The zero-order valence-electron chi connectivity index (χ0n) is 17.8. The number of hydrogen-bond acceptors (Lipinski definition) is 4. The van der Waals surface area contributed by atoms with Crippen LogP contribution in [0.2, 0.25) is 0 Å². The van der Waals surface area contributed by atoms with Gasteiger partial charge >= 0.3 is 5.97 Å². The van der Waals surface area contributed by atoms with Gasteiger partial charge in [0.05, 0.1) is 5.69 Å². The first kappa shape index (κ1) is 22.4. The molecule has 166 valence electrons. The molecule has 0 spiro atoms. The van der Waals surface area contributed by atoms with Crippen LogP contribution < -0.4 is 4.90 Å². The average Bonchev–Trinajstić information content (AvgIpc) is 3.22. The molecule has 1 aliphatic carbocycles. The maximum atomic E-state index is 13.8. The Kier molecular flexibility index (Phi) is 7.04. The molecule has 1 saturated heterocycles. The summed E-state index contributed by atoms with van der Waals surface area (Å²) in [7, 11) is 0. The van der Waals surface area contributed by atoms with E-state index in [0.717, 1.165) is 36.1 Å². The first-order valence-corrected chi connectivity index (χ1v) is 13.3. The van der Waals surface area contributed by atoms with Crippen molar-refractivity contribution in [3.63, 3.8) is 0 Å². The fraction of sp³-hybridized carbons (Fsp3) is 0.500. The number of amides is 1. The summed E-state index contributed by atoms with van der Waals surface area (Å²) in [5.41, 5.74) is 1.46. The Hall–Kier alpha value is -1.83. The zero-order chi connectivity index (χ0) is 22.0. The highest BCUT2D eigenvalue weighted by atomic mass is 32.2. The number of nitrogens with zero attached hydrogens (tertiary/aromatic N) is 1. The van der Waals surface area contributed by atoms with Crippen molar-refractivity contribution >= 4 is 40.1 Å². The summed E-state index contributed by atoms with van der Waals surface area (Å²) in [6.45, 7) is 2.22. The molecule has 1 amide bonds. The van der Waals surface area contributed by atoms with Crippen molar-refractivity contribution in [2.75, 3.05) is 16.4 Å². The molecule has 1 aliphatic heterocycles. The van der Waals surface area contributed by atoms with Crippen LogP contribution in [-0.2, 0) is 16.0 Å². The van der Waals surface area contributed by atoms with Gasteiger partial charge in [0.25, 0.3) is 0 Å². The van der Waals surface area contributed by atoms with E-state index in [1.165, 1.54) is 11.3 Å². The first-order valence-electron chi connectivity index (χ1n) is 11.0. The third kappa shape index (κ3) is 4.99. The lowest BCUT2D eigenvalue weighted by Crippen LogP contribution is -2.48. The molecule has 2 fully saturated rings. The first-order chi connectivity index (χ1) is 14.9. The van der Waals surface area contributed by atoms with Crippen LogP contribution in [0, 0.1) is 11.8 Å². The van der Waals surface area contributed by atoms with Crippen molar-refractivity contribution in [3.05, 3.63) is 41.3 Å². The van der Waals surface area contributed by atoms with E-state index in [4.69, 9.17) is 0 Å². The van der Waals surface area contributed by atoms with Gasteiger partial charge in [-0.1, -0.05) is 48.4 Å². The highest BCUT2D eigenvalue weighted by Gasteiger charge is 2.38. The predicted octanol–water partition coefficient (Wildman–Crippen LogP) is 5.18. The Balaban J connectivity index is 1.73. The molecule has 2 heterocycles. The van der Waals surface area contributed by atoms with Crippen LogP contribution >= 0.6 is 11.3 Å². The van der Waals surface area contributed by atoms with Gasteiger partial charge in [-0.05, 0) is 43.2 Å². The fourth-order valence-electron chi connectivity index (χ4n) is 4.70. The molecule has 2 aliphatic rings. The van der Waals surface area contributed by atoms with E-state index in [1.807, 2.05) is 36.4 Å². The van der Waals surface area contributed by atoms with Crippen LogP contribution in [-0.4, -0.2) is 39.1 Å². The Morgan fingerprint density at radius 2 is 1.71 bits per heavy atom. The molecule has 1 aromatic heterocycles. The van der Waals surface area contributed by atoms with Gasteiger partial charge in [0.1, 0.15) is 16.4 Å². The average molecular weight is 460 g/mol. The molecule has 2 aromatic rings. The molecule has 4 rings (SSSR count). The van der Waals surface area contributed by atoms with Crippen molar-refractivity contribution < 1.29 is 19.2 Å². The van der Waals surface area contributed by atoms with E-state index >= 15 is 0 Å². The smallest absolute Gasteiger partial charge is 0.348 e. The number of carbonyl (C=O) groups is 2. The van der Waals surface area contributed by atoms with Crippen molar-refractivity contribution in [3.8, 4) is 10.4 Å². The molecular weight excluding hydrogens is 430 g/mol. The molecule has 0 bridgehead atoms. The lowest BCUT2D eigenvalue weighted by Gasteiger charge is -2.38. The van der Waals surface area contributed by atoms with Gasteiger partial charge in [0.15, 0.2) is 0 Å². The fourth-order valence-corrected chi connectivity index (χ4v) is 6.96. The largest absolute Gasteiger partial charge is 0.616 e. The molecule has 0 radical (unpaired) electrons. The number of carboxylic acid groups (broad SMARTS) is 1. The molecule has 1 N–H and O–H groups in total. The standard InChI is InChI=1S/C24H29NO4S2/c1-16-7-9-18(10-8-16)23(26)25(19-11-13-31(29)14-12-19)20-15-21(30-22(20)24(27)28)17-5-3-2-4-6-17/h2-6,15-16,18-19H,7-14H2,1H3,(H,27,28)/t16-,18-,19?,31?. The van der Waals surface area contributed by atoms with Gasteiger partial charge < -0.3 is 14.6 Å². The molecule has 0 atom stereocenters. The molecular formula is C24H29NO4S2. The van der Waals surface area contributed by atoms with Crippen molar-refractivity contribution in [1.82, 2.24) is 0 Å². The van der Waals surface area contributed by atoms with Crippen molar-refractivity contribution in [1.29, 1.82) is 0 Å². The van der Waals surface area contributed by atoms with Gasteiger partial charge in [-0.3, -0.25) is 4.79 Å². The minimum atomic E-state index is -1.00. The molecule has 31 heavy (non-hydrogen) atoms. The van der Waals surface area contributed by atoms with Gasteiger partial charge in [0.2, 0.25) is 5.91 Å². The summed E-state index contributed by atoms with van der Waals surface area (Å²) in [4.78, 5) is 28.8. The second-order valence-electron chi connectivity index (χ2n) is 8.74. The molecule has 5 nitrogen and oxygen atoms in total. The van der Waals surface area contributed by atoms with E-state index in [2.05, 4.69) is 6.92 Å². The maximum absolute atomic E-state index is 13.8. The number of benzene rings is 1. The second-order valence-corrected chi connectivity index (χ2v) is 11.5. The third-order valence-corrected chi connectivity index (χ3v) is 9.09. The van der Waals surface area contributed by atoms with E-state index in [1.54, 1.807) is 4.90 Å². The highest BCUT2D eigenvalue weighted by molar-refractivity contribution is 7.91. The van der Waals surface area contributed by atoms with Gasteiger partial charge in [-0.25, -0.2) is 4.79 Å². The molecule has 1 saturated carbocycles. The van der Waals surface area contributed by atoms with Crippen LogP contribution in [0.15, 0.2) is 36.4 Å². The molecule has 1 aromatic carbocycles. The Bertz CT molecular complexity index is 913. The summed E-state index contributed by atoms with van der Waals surface area (Å²) in [5.74, 6) is 0.740. The van der Waals surface area contributed by atoms with Crippen LogP contribution in [0.1, 0.15) is 55.1 Å². The number of thiophene rings is 1. The lowest BCUT2D eigenvalue weighted by atomic mass is 9.82. The Labute approximate surface area is 190 Å². The molecule has 7 heteroatoms. The highest BCUT2D eigenvalue weighted by Crippen LogP contribution is 2.41. The SMILES string of the molecule is C[C@H]1CC[C@H](C(=O)N(c2cc(-c3ccccc3)sc2C(=O)O)C2CC[S+]([O-])CC2)CC1. The quantitative estimate of drug-likeness (QED) is 0.625. The summed E-state index contributed by atoms with van der Waals surface area (Å²) >= 11 is 0.378. The van der Waals surface area contributed by atoms with Gasteiger partial charge in [0, 0.05) is 29.7 Å². The summed E-state index contributed by atoms with van der Waals surface area (Å²) in [5, 5.41) is 9.97. The second kappa shape index (κ2) is 9.76. The van der Waals surface area contributed by atoms with Crippen LogP contribution in [0.4, 0.5) is 5.69 Å². The summed E-state index contributed by atoms with van der Waals surface area (Å²) < 4.78 is 12.0. The predicted molar refractivity (Wildman–Crippen MR) is 126 cm³/mol.